The second kappa shape index (κ2) is 5.19. The summed E-state index contributed by atoms with van der Waals surface area (Å²) in [5, 5.41) is 0. The largest absolute Gasteiger partial charge is 0.120 e. The van der Waals surface area contributed by atoms with Gasteiger partial charge in [-0.15, -0.1) is 12.3 Å². The molecule has 0 aliphatic rings. The summed E-state index contributed by atoms with van der Waals surface area (Å²) in [6.07, 6.45) is 7.06. The Balaban J connectivity index is 2.38. The molecule has 0 spiro atoms. The maximum atomic E-state index is 5.32. The average Bonchev–Trinajstić information content (AvgIpc) is 2.38. The maximum absolute atomic E-state index is 5.32. The number of aryl methyl sites for hydroxylation is 1. The first kappa shape index (κ1) is 10.5. The summed E-state index contributed by atoms with van der Waals surface area (Å²) < 4.78 is 0. The van der Waals surface area contributed by atoms with E-state index in [2.05, 4.69) is 54.5 Å². The van der Waals surface area contributed by atoms with Crippen LogP contribution in [0, 0.1) is 12.3 Å². The van der Waals surface area contributed by atoms with Gasteiger partial charge in [-0.3, -0.25) is 0 Å². The first-order chi connectivity index (χ1) is 7.92. The summed E-state index contributed by atoms with van der Waals surface area (Å²) in [4.78, 5) is 0. The molecule has 0 nitrogen and oxygen atoms in total. The van der Waals surface area contributed by atoms with Crippen LogP contribution in [0.25, 0.3) is 11.1 Å². The Hall–Kier alpha value is -2.00. The normalized spacial score (nSPS) is 9.69. The molecule has 0 fully saturated rings. The van der Waals surface area contributed by atoms with Gasteiger partial charge in [0.25, 0.3) is 0 Å². The lowest BCUT2D eigenvalue weighted by molar-refractivity contribution is 1.03. The average molecular weight is 206 g/mol. The van der Waals surface area contributed by atoms with E-state index in [0.29, 0.717) is 0 Å². The van der Waals surface area contributed by atoms with Crippen molar-refractivity contribution in [2.24, 2.45) is 0 Å². The summed E-state index contributed by atoms with van der Waals surface area (Å²) in [6.45, 7) is 0. The van der Waals surface area contributed by atoms with Gasteiger partial charge in [0.2, 0.25) is 0 Å². The monoisotopic (exact) mass is 206 g/mol. The summed E-state index contributed by atoms with van der Waals surface area (Å²) in [5.41, 5.74) is 3.88. The van der Waals surface area contributed by atoms with Gasteiger partial charge in [-0.25, -0.2) is 0 Å². The van der Waals surface area contributed by atoms with Crippen LogP contribution in [-0.2, 0) is 6.42 Å². The van der Waals surface area contributed by atoms with E-state index in [1.54, 1.807) is 0 Å². The molecule has 0 amide bonds. The van der Waals surface area contributed by atoms with Crippen LogP contribution in [-0.4, -0.2) is 0 Å². The van der Waals surface area contributed by atoms with Gasteiger partial charge in [-0.2, -0.15) is 0 Å². The molecule has 0 aliphatic heterocycles. The van der Waals surface area contributed by atoms with Crippen LogP contribution < -0.4 is 0 Å². The van der Waals surface area contributed by atoms with E-state index in [0.717, 1.165) is 12.8 Å². The van der Waals surface area contributed by atoms with Crippen LogP contribution in [0.1, 0.15) is 12.0 Å². The molecule has 0 atom stereocenters. The lowest BCUT2D eigenvalue weighted by atomic mass is 9.97. The number of hydrogen-bond donors (Lipinski definition) is 0. The molecule has 0 bridgehead atoms. The molecule has 78 valence electrons. The summed E-state index contributed by atoms with van der Waals surface area (Å²) >= 11 is 0. The third kappa shape index (κ3) is 2.32. The predicted molar refractivity (Wildman–Crippen MR) is 69.0 cm³/mol. The Morgan fingerprint density at radius 3 is 2.31 bits per heavy atom. The summed E-state index contributed by atoms with van der Waals surface area (Å²) in [6, 6.07) is 18.9. The summed E-state index contributed by atoms with van der Waals surface area (Å²) in [5.74, 6) is 2.69. The molecule has 0 heterocycles. The molecular weight excluding hydrogens is 192 g/mol. The lowest BCUT2D eigenvalue weighted by Crippen LogP contribution is -1.88. The van der Waals surface area contributed by atoms with Crippen molar-refractivity contribution in [1.82, 2.24) is 0 Å². The lowest BCUT2D eigenvalue weighted by Gasteiger charge is -2.08. The van der Waals surface area contributed by atoms with Gasteiger partial charge in [-0.1, -0.05) is 54.6 Å². The van der Waals surface area contributed by atoms with Crippen molar-refractivity contribution in [2.75, 3.05) is 0 Å². The van der Waals surface area contributed by atoms with E-state index in [1.165, 1.54) is 16.7 Å². The van der Waals surface area contributed by atoms with Crippen molar-refractivity contribution < 1.29 is 0 Å². The van der Waals surface area contributed by atoms with Crippen molar-refractivity contribution in [3.05, 3.63) is 60.2 Å². The predicted octanol–water partition coefficient (Wildman–Crippen LogP) is 3.92. The van der Waals surface area contributed by atoms with Crippen molar-refractivity contribution in [1.29, 1.82) is 0 Å². The van der Waals surface area contributed by atoms with Crippen LogP contribution in [0.3, 0.4) is 0 Å². The third-order valence-corrected chi connectivity index (χ3v) is 2.64. The molecule has 0 heteroatoms. The molecule has 2 aromatic rings. The van der Waals surface area contributed by atoms with E-state index in [9.17, 15) is 0 Å². The SMILES string of the molecule is C#CCCc1ccccc1-c1ccccc1. The second-order valence-corrected chi connectivity index (χ2v) is 3.73. The topological polar surface area (TPSA) is 0 Å². The van der Waals surface area contributed by atoms with Crippen LogP contribution in [0.15, 0.2) is 54.6 Å². The number of terminal acetylenes is 1. The molecule has 0 aromatic heterocycles. The first-order valence-corrected chi connectivity index (χ1v) is 5.48. The highest BCUT2D eigenvalue weighted by molar-refractivity contribution is 5.67. The molecule has 0 aliphatic carbocycles. The number of hydrogen-bond acceptors (Lipinski definition) is 0. The molecule has 0 N–H and O–H groups in total. The van der Waals surface area contributed by atoms with Crippen LogP contribution in [0.5, 0.6) is 0 Å². The van der Waals surface area contributed by atoms with Crippen molar-refractivity contribution in [3.8, 4) is 23.5 Å². The van der Waals surface area contributed by atoms with Gasteiger partial charge in [0.05, 0.1) is 0 Å². The molecule has 0 saturated carbocycles. The van der Waals surface area contributed by atoms with E-state index in [1.807, 2.05) is 6.07 Å². The maximum Gasteiger partial charge on any atom is 0.0127 e. The first-order valence-electron chi connectivity index (χ1n) is 5.48. The number of rotatable bonds is 3. The molecule has 2 aromatic carbocycles. The van der Waals surface area contributed by atoms with Crippen LogP contribution >= 0.6 is 0 Å². The highest BCUT2D eigenvalue weighted by atomic mass is 14.1. The van der Waals surface area contributed by atoms with Gasteiger partial charge < -0.3 is 0 Å². The van der Waals surface area contributed by atoms with Crippen molar-refractivity contribution in [3.63, 3.8) is 0 Å². The fraction of sp³-hybridized carbons (Fsp3) is 0.125. The van der Waals surface area contributed by atoms with Gasteiger partial charge in [0.15, 0.2) is 0 Å². The zero-order chi connectivity index (χ0) is 11.2. The van der Waals surface area contributed by atoms with E-state index in [-0.39, 0.29) is 0 Å². The Morgan fingerprint density at radius 1 is 0.875 bits per heavy atom. The Morgan fingerprint density at radius 2 is 1.56 bits per heavy atom. The fourth-order valence-electron chi connectivity index (χ4n) is 1.84. The van der Waals surface area contributed by atoms with E-state index < -0.39 is 0 Å². The smallest absolute Gasteiger partial charge is 0.0127 e. The highest BCUT2D eigenvalue weighted by Gasteiger charge is 2.02. The minimum Gasteiger partial charge on any atom is -0.120 e. The molecular formula is C16H14. The zero-order valence-electron chi connectivity index (χ0n) is 9.19. The van der Waals surface area contributed by atoms with Gasteiger partial charge in [0, 0.05) is 6.42 Å². The molecule has 0 saturated heterocycles. The Kier molecular flexibility index (Phi) is 3.41. The number of benzene rings is 2. The summed E-state index contributed by atoms with van der Waals surface area (Å²) in [7, 11) is 0. The molecule has 0 unspecified atom stereocenters. The standard InChI is InChI=1S/C16H14/c1-2-3-9-14-12-7-8-13-16(14)15-10-5-4-6-11-15/h1,4-8,10-13H,3,9H2. The molecule has 2 rings (SSSR count). The quantitative estimate of drug-likeness (QED) is 0.668. The van der Waals surface area contributed by atoms with Crippen LogP contribution in [0.2, 0.25) is 0 Å². The second-order valence-electron chi connectivity index (χ2n) is 3.73. The van der Waals surface area contributed by atoms with Gasteiger partial charge >= 0.3 is 0 Å². The van der Waals surface area contributed by atoms with Crippen LogP contribution in [0.4, 0.5) is 0 Å². The zero-order valence-corrected chi connectivity index (χ0v) is 9.19. The van der Waals surface area contributed by atoms with E-state index in [4.69, 9.17) is 6.42 Å². The third-order valence-electron chi connectivity index (χ3n) is 2.64. The molecule has 16 heavy (non-hydrogen) atoms. The van der Waals surface area contributed by atoms with E-state index >= 15 is 0 Å². The fourth-order valence-corrected chi connectivity index (χ4v) is 1.84. The van der Waals surface area contributed by atoms with Gasteiger partial charge in [0.1, 0.15) is 0 Å². The Bertz CT molecular complexity index is 489. The molecule has 0 radical (unpaired) electrons. The Labute approximate surface area is 96.9 Å². The minimum atomic E-state index is 0.795. The van der Waals surface area contributed by atoms with Crippen molar-refractivity contribution >= 4 is 0 Å². The van der Waals surface area contributed by atoms with Crippen molar-refractivity contribution in [2.45, 2.75) is 12.8 Å². The highest BCUT2D eigenvalue weighted by Crippen LogP contribution is 2.24. The van der Waals surface area contributed by atoms with Gasteiger partial charge in [-0.05, 0) is 23.1 Å². The minimum absolute atomic E-state index is 0.795.